The molecule has 3 aromatic carbocycles. The maximum Gasteiger partial charge on any atom is 0.164 e. The van der Waals surface area contributed by atoms with Gasteiger partial charge in [0.1, 0.15) is 11.6 Å². The van der Waals surface area contributed by atoms with Crippen LogP contribution in [-0.4, -0.2) is 20.9 Å². The van der Waals surface area contributed by atoms with Gasteiger partial charge in [-0.25, -0.2) is 4.98 Å². The number of nitrogens with zero attached hydrogens (tertiary/aromatic N) is 2. The van der Waals surface area contributed by atoms with E-state index in [1.807, 2.05) is 48.5 Å². The van der Waals surface area contributed by atoms with E-state index in [4.69, 9.17) is 9.97 Å². The topological polar surface area (TPSA) is 63.1 Å². The Morgan fingerprint density at radius 2 is 1.36 bits per heavy atom. The molecule has 5 heteroatoms. The Kier molecular flexibility index (Phi) is 12.9. The van der Waals surface area contributed by atoms with Gasteiger partial charge in [0, 0.05) is 42.4 Å². The van der Waals surface area contributed by atoms with E-state index in [-0.39, 0.29) is 47.9 Å². The van der Waals surface area contributed by atoms with Crippen LogP contribution < -0.4 is 0 Å². The van der Waals surface area contributed by atoms with Crippen LogP contribution in [0.15, 0.2) is 54.3 Å². The summed E-state index contributed by atoms with van der Waals surface area (Å²) in [5.41, 5.74) is 6.20. The Hall–Kier alpha value is -2.88. The van der Waals surface area contributed by atoms with Gasteiger partial charge in [-0.05, 0) is 67.0 Å². The van der Waals surface area contributed by atoms with Crippen molar-refractivity contribution >= 4 is 27.5 Å². The van der Waals surface area contributed by atoms with E-state index in [0.29, 0.717) is 0 Å². The van der Waals surface area contributed by atoms with Gasteiger partial charge in [-0.15, -0.1) is 34.9 Å². The molecule has 0 saturated heterocycles. The number of aliphatic hydroxyl groups is 1. The number of allylic oxidation sites excluding steroid dienone is 2. The predicted octanol–water partition coefficient (Wildman–Crippen LogP) is 11.1. The Morgan fingerprint density at radius 3 is 1.89 bits per heavy atom. The number of carbonyl (C=O) groups is 1. The number of fused-ring (bicyclic) bond motifs is 3. The minimum absolute atomic E-state index is 0. The van der Waals surface area contributed by atoms with E-state index in [1.54, 1.807) is 0 Å². The minimum Gasteiger partial charge on any atom is -0.512 e. The third-order valence-corrected chi connectivity index (χ3v) is 9.75. The number of hydrogen-bond acceptors (Lipinski definition) is 4. The number of hydrogen-bond donors (Lipinski definition) is 1. The predicted molar refractivity (Wildman–Crippen MR) is 187 cm³/mol. The van der Waals surface area contributed by atoms with Crippen LogP contribution in [0.3, 0.4) is 0 Å². The second-order valence-electron chi connectivity index (χ2n) is 13.9. The average Bonchev–Trinajstić information content (AvgIpc) is 2.99. The zero-order valence-electron chi connectivity index (χ0n) is 29.5. The molecule has 0 aliphatic heterocycles. The molecule has 1 aromatic heterocycles. The van der Waals surface area contributed by atoms with Crippen LogP contribution in [-0.2, 0) is 30.3 Å². The summed E-state index contributed by atoms with van der Waals surface area (Å²) in [7, 11) is 0. The molecule has 4 aromatic rings. The van der Waals surface area contributed by atoms with Crippen molar-refractivity contribution in [1.82, 2.24) is 9.97 Å². The van der Waals surface area contributed by atoms with Crippen LogP contribution in [0.4, 0.5) is 0 Å². The van der Waals surface area contributed by atoms with Crippen LogP contribution in [0.2, 0.25) is 0 Å². The first-order chi connectivity index (χ1) is 20.5. The summed E-state index contributed by atoms with van der Waals surface area (Å²) < 4.78 is 0. The number of aliphatic hydroxyl groups excluding tert-OH is 1. The maximum absolute atomic E-state index is 12.2. The quantitative estimate of drug-likeness (QED) is 0.0836. The summed E-state index contributed by atoms with van der Waals surface area (Å²) in [6.07, 6.45) is 4.75. The molecule has 0 aliphatic rings. The van der Waals surface area contributed by atoms with Crippen LogP contribution in [0.5, 0.6) is 0 Å². The third-order valence-electron chi connectivity index (χ3n) is 9.75. The van der Waals surface area contributed by atoms with E-state index in [0.717, 1.165) is 59.2 Å². The van der Waals surface area contributed by atoms with Gasteiger partial charge in [0.25, 0.3) is 0 Å². The van der Waals surface area contributed by atoms with Gasteiger partial charge < -0.3 is 5.11 Å². The van der Waals surface area contributed by atoms with Crippen LogP contribution in [0.25, 0.3) is 32.9 Å². The first-order valence-electron chi connectivity index (χ1n) is 16.2. The maximum atomic E-state index is 12.2. The Bertz CT molecular complexity index is 1670. The fourth-order valence-corrected chi connectivity index (χ4v) is 5.42. The van der Waals surface area contributed by atoms with Gasteiger partial charge in [0.15, 0.2) is 5.78 Å². The fourth-order valence-electron chi connectivity index (χ4n) is 5.42. The van der Waals surface area contributed by atoms with Gasteiger partial charge >= 0.3 is 0 Å². The summed E-state index contributed by atoms with van der Waals surface area (Å²) in [6, 6.07) is 18.7. The summed E-state index contributed by atoms with van der Waals surface area (Å²) in [4.78, 5) is 21.8. The Labute approximate surface area is 285 Å². The van der Waals surface area contributed by atoms with E-state index < -0.39 is 0 Å². The molecule has 0 amide bonds. The van der Waals surface area contributed by atoms with Gasteiger partial charge in [-0.1, -0.05) is 99.6 Å². The Morgan fingerprint density at radius 1 is 0.800 bits per heavy atom. The molecule has 1 heterocycles. The number of carbonyl (C=O) groups excluding carboxylic acids is 1. The van der Waals surface area contributed by atoms with E-state index in [1.165, 1.54) is 28.0 Å². The monoisotopic (exact) mass is 786 g/mol. The van der Waals surface area contributed by atoms with Crippen molar-refractivity contribution in [3.8, 4) is 11.3 Å². The van der Waals surface area contributed by atoms with Gasteiger partial charge in [0.2, 0.25) is 0 Å². The molecule has 245 valence electrons. The first-order valence-corrected chi connectivity index (χ1v) is 16.2. The zero-order valence-corrected chi connectivity index (χ0v) is 31.9. The molecule has 0 unspecified atom stereocenters. The second kappa shape index (κ2) is 15.1. The third kappa shape index (κ3) is 8.48. The number of aromatic nitrogens is 2. The van der Waals surface area contributed by atoms with Crippen molar-refractivity contribution in [2.45, 2.75) is 114 Å². The van der Waals surface area contributed by atoms with Crippen molar-refractivity contribution in [2.75, 3.05) is 0 Å². The van der Waals surface area contributed by atoms with Gasteiger partial charge in [0.05, 0.1) is 5.52 Å². The summed E-state index contributed by atoms with van der Waals surface area (Å²) in [6.45, 7) is 25.0. The molecule has 0 saturated carbocycles. The smallest absolute Gasteiger partial charge is 0.164 e. The summed E-state index contributed by atoms with van der Waals surface area (Å²) in [5.74, 6) is 1.08. The van der Waals surface area contributed by atoms with E-state index in [9.17, 15) is 9.90 Å². The molecule has 0 bridgehead atoms. The van der Waals surface area contributed by atoms with Crippen LogP contribution in [0.1, 0.15) is 111 Å². The molecule has 1 radical (unpaired) electrons. The van der Waals surface area contributed by atoms with E-state index in [2.05, 4.69) is 83.1 Å². The van der Waals surface area contributed by atoms with Gasteiger partial charge in [-0.2, -0.15) is 0 Å². The zero-order chi connectivity index (χ0) is 33.0. The molecule has 0 fully saturated rings. The molecular weight excluding hydrogens is 733 g/mol. The SMILES string of the molecule is CCC(C)(CC)C(=O)/C=C(\O)C(C)(CC)CC.Cc1[c-]c(-c2nc(C)nc3c2cc(C)c2ccccc23)cc(C(C)(C)C)c1.[Ir]. The van der Waals surface area contributed by atoms with E-state index >= 15 is 0 Å². The summed E-state index contributed by atoms with van der Waals surface area (Å²) >= 11 is 0. The molecule has 0 spiro atoms. The second-order valence-corrected chi connectivity index (χ2v) is 13.9. The molecule has 4 nitrogen and oxygen atoms in total. The number of rotatable bonds is 8. The van der Waals surface area contributed by atoms with Crippen LogP contribution in [0, 0.1) is 37.7 Å². The van der Waals surface area contributed by atoms with Crippen molar-refractivity contribution in [3.05, 3.63) is 82.9 Å². The molecule has 4 rings (SSSR count). The first kappa shape index (κ1) is 38.3. The van der Waals surface area contributed by atoms with Crippen molar-refractivity contribution in [2.24, 2.45) is 10.8 Å². The van der Waals surface area contributed by atoms with Crippen molar-refractivity contribution in [1.29, 1.82) is 0 Å². The Balaban J connectivity index is 0.000000343. The summed E-state index contributed by atoms with van der Waals surface area (Å²) in [5, 5.41) is 13.7. The number of aryl methyl sites for hydroxylation is 3. The minimum atomic E-state index is -0.337. The normalized spacial score (nSPS) is 12.5. The van der Waals surface area contributed by atoms with Crippen molar-refractivity contribution in [3.63, 3.8) is 0 Å². The van der Waals surface area contributed by atoms with Gasteiger partial charge in [-0.3, -0.25) is 9.78 Å². The number of ketones is 1. The fraction of sp³-hybridized carbons (Fsp3) is 0.475. The van der Waals surface area contributed by atoms with Crippen LogP contribution >= 0.6 is 0 Å². The molecule has 0 aliphatic carbocycles. The molecule has 1 N–H and O–H groups in total. The molecule has 0 atom stereocenters. The molecule has 45 heavy (non-hydrogen) atoms. The standard InChI is InChI=1S/C25H25N2.C15H28O2.Ir/c1-15-11-18(14-19(12-15)25(4,5)6)23-22-13-16(2)20-9-7-8-10-21(20)24(22)27-17(3)26-23;1-7-14(5,8-2)12(16)11-13(17)15(6,9-3)10-4;/h7-10,12-14H,1-6H3;11,16H,7-10H2,1-6H3;/q-1;;/b;12-11-;. The average molecular weight is 786 g/mol. The number of benzene rings is 3. The largest absolute Gasteiger partial charge is 0.512 e. The molecular formula is C40H53IrN2O2-. The van der Waals surface area contributed by atoms with Crippen molar-refractivity contribution < 1.29 is 30.0 Å².